The van der Waals surface area contributed by atoms with Gasteiger partial charge in [-0.3, -0.25) is 4.79 Å². The van der Waals surface area contributed by atoms with Crippen LogP contribution in [-0.4, -0.2) is 47.0 Å². The van der Waals surface area contributed by atoms with E-state index in [9.17, 15) is 18.0 Å². The van der Waals surface area contributed by atoms with Crippen LogP contribution in [0.25, 0.3) is 11.4 Å². The van der Waals surface area contributed by atoms with Crippen molar-refractivity contribution in [2.45, 2.75) is 26.4 Å². The first-order valence-electron chi connectivity index (χ1n) is 11.0. The van der Waals surface area contributed by atoms with E-state index >= 15 is 0 Å². The fraction of sp³-hybridized carbons (Fsp3) is 0.320. The van der Waals surface area contributed by atoms with Gasteiger partial charge in [-0.25, -0.2) is 9.97 Å². The Hall–Kier alpha value is -3.13. The van der Waals surface area contributed by atoms with Gasteiger partial charge in [0.05, 0.1) is 5.56 Å². The van der Waals surface area contributed by atoms with Crippen molar-refractivity contribution < 1.29 is 18.0 Å². The van der Waals surface area contributed by atoms with Gasteiger partial charge in [-0.15, -0.1) is 0 Å². The molecule has 0 spiro atoms. The second-order valence-corrected chi connectivity index (χ2v) is 8.59. The molecule has 34 heavy (non-hydrogen) atoms. The van der Waals surface area contributed by atoms with Crippen LogP contribution in [0, 0.1) is 6.92 Å². The third kappa shape index (κ3) is 5.01. The lowest BCUT2D eigenvalue weighted by Gasteiger charge is -2.36. The highest BCUT2D eigenvalue weighted by molar-refractivity contribution is 6.30. The Kier molecular flexibility index (Phi) is 6.79. The lowest BCUT2D eigenvalue weighted by molar-refractivity contribution is -0.137. The summed E-state index contributed by atoms with van der Waals surface area (Å²) in [5.41, 5.74) is 1.81. The summed E-state index contributed by atoms with van der Waals surface area (Å²) in [6.07, 6.45) is -3.76. The van der Waals surface area contributed by atoms with Gasteiger partial charge in [0.25, 0.3) is 5.91 Å². The normalized spacial score (nSPS) is 14.4. The van der Waals surface area contributed by atoms with Gasteiger partial charge >= 0.3 is 6.18 Å². The first-order valence-corrected chi connectivity index (χ1v) is 11.4. The molecule has 2 heterocycles. The predicted molar refractivity (Wildman–Crippen MR) is 126 cm³/mol. The van der Waals surface area contributed by atoms with Gasteiger partial charge in [0.2, 0.25) is 0 Å². The molecule has 1 aliphatic rings. The molecule has 0 bridgehead atoms. The standard InChI is InChI=1S/C25H24ClF3N4O/c1-3-21-16(2)30-22(17-6-4-8-19(14-17)25(27,28)29)31-23(21)32-10-12-33(13-11-32)24(34)18-7-5-9-20(26)15-18/h4-9,14-15H,3,10-13H2,1-2H3. The number of aromatic nitrogens is 2. The molecule has 1 amide bonds. The number of alkyl halides is 3. The zero-order valence-corrected chi connectivity index (χ0v) is 19.6. The number of anilines is 1. The minimum atomic E-state index is -4.44. The predicted octanol–water partition coefficient (Wildman–Crippen LogP) is 5.65. The highest BCUT2D eigenvalue weighted by Gasteiger charge is 2.31. The summed E-state index contributed by atoms with van der Waals surface area (Å²) >= 11 is 6.02. The fourth-order valence-electron chi connectivity index (χ4n) is 4.15. The molecule has 4 rings (SSSR count). The van der Waals surface area contributed by atoms with E-state index < -0.39 is 11.7 Å². The maximum absolute atomic E-state index is 13.2. The van der Waals surface area contributed by atoms with Crippen molar-refractivity contribution in [2.24, 2.45) is 0 Å². The van der Waals surface area contributed by atoms with Gasteiger partial charge in [0.15, 0.2) is 5.82 Å². The molecule has 178 valence electrons. The van der Waals surface area contributed by atoms with E-state index in [0.717, 1.165) is 23.4 Å². The summed E-state index contributed by atoms with van der Waals surface area (Å²) < 4.78 is 39.6. The molecular weight excluding hydrogens is 465 g/mol. The molecule has 0 saturated carbocycles. The average Bonchev–Trinajstić information content (AvgIpc) is 2.83. The lowest BCUT2D eigenvalue weighted by atomic mass is 10.1. The number of carbonyl (C=O) groups excluding carboxylic acids is 1. The maximum atomic E-state index is 13.2. The van der Waals surface area contributed by atoms with E-state index in [-0.39, 0.29) is 11.7 Å². The Balaban J connectivity index is 1.59. The van der Waals surface area contributed by atoms with Crippen molar-refractivity contribution in [3.63, 3.8) is 0 Å². The number of benzene rings is 2. The summed E-state index contributed by atoms with van der Waals surface area (Å²) in [5.74, 6) is 0.881. The summed E-state index contributed by atoms with van der Waals surface area (Å²) in [6, 6.07) is 11.9. The molecule has 9 heteroatoms. The number of piperazine rings is 1. The van der Waals surface area contributed by atoms with Crippen LogP contribution >= 0.6 is 11.6 Å². The van der Waals surface area contributed by atoms with E-state index in [1.54, 1.807) is 35.2 Å². The molecule has 0 unspecified atom stereocenters. The molecule has 0 radical (unpaired) electrons. The number of amides is 1. The quantitative estimate of drug-likeness (QED) is 0.476. The van der Waals surface area contributed by atoms with Crippen LogP contribution in [0.5, 0.6) is 0 Å². The van der Waals surface area contributed by atoms with E-state index in [1.807, 2.05) is 13.8 Å². The van der Waals surface area contributed by atoms with Crippen LogP contribution in [0.15, 0.2) is 48.5 Å². The van der Waals surface area contributed by atoms with Gasteiger partial charge in [0, 0.05) is 53.6 Å². The highest BCUT2D eigenvalue weighted by atomic mass is 35.5. The topological polar surface area (TPSA) is 49.3 Å². The van der Waals surface area contributed by atoms with Crippen molar-refractivity contribution in [3.8, 4) is 11.4 Å². The third-order valence-electron chi connectivity index (χ3n) is 5.93. The summed E-state index contributed by atoms with van der Waals surface area (Å²) in [4.78, 5) is 25.9. The Morgan fingerprint density at radius 2 is 1.74 bits per heavy atom. The second-order valence-electron chi connectivity index (χ2n) is 8.16. The summed E-state index contributed by atoms with van der Waals surface area (Å²) in [6.45, 7) is 5.95. The fourth-order valence-corrected chi connectivity index (χ4v) is 4.34. The average molecular weight is 489 g/mol. The van der Waals surface area contributed by atoms with Crippen LogP contribution < -0.4 is 4.90 Å². The van der Waals surface area contributed by atoms with E-state index in [4.69, 9.17) is 11.6 Å². The van der Waals surface area contributed by atoms with Gasteiger partial charge in [0.1, 0.15) is 5.82 Å². The Labute approximate surface area is 201 Å². The van der Waals surface area contributed by atoms with E-state index in [0.29, 0.717) is 54.6 Å². The number of nitrogens with zero attached hydrogens (tertiary/aromatic N) is 4. The van der Waals surface area contributed by atoms with Crippen LogP contribution in [0.1, 0.15) is 34.1 Å². The van der Waals surface area contributed by atoms with Crippen LogP contribution in [0.2, 0.25) is 5.02 Å². The molecule has 0 aliphatic carbocycles. The summed E-state index contributed by atoms with van der Waals surface area (Å²) in [5, 5.41) is 0.510. The van der Waals surface area contributed by atoms with Crippen molar-refractivity contribution in [3.05, 3.63) is 75.9 Å². The van der Waals surface area contributed by atoms with Crippen LogP contribution in [0.3, 0.4) is 0 Å². The van der Waals surface area contributed by atoms with E-state index in [2.05, 4.69) is 14.9 Å². The molecule has 1 fully saturated rings. The zero-order chi connectivity index (χ0) is 24.5. The monoisotopic (exact) mass is 488 g/mol. The van der Waals surface area contributed by atoms with Crippen LogP contribution in [-0.2, 0) is 12.6 Å². The molecule has 1 aliphatic heterocycles. The number of rotatable bonds is 4. The molecule has 2 aromatic carbocycles. The van der Waals surface area contributed by atoms with Crippen molar-refractivity contribution >= 4 is 23.3 Å². The molecule has 5 nitrogen and oxygen atoms in total. The zero-order valence-electron chi connectivity index (χ0n) is 18.9. The molecule has 0 atom stereocenters. The number of halogens is 4. The van der Waals surface area contributed by atoms with Gasteiger partial charge in [-0.1, -0.05) is 36.7 Å². The van der Waals surface area contributed by atoms with Crippen molar-refractivity contribution in [1.29, 1.82) is 0 Å². The third-order valence-corrected chi connectivity index (χ3v) is 6.17. The van der Waals surface area contributed by atoms with Gasteiger partial charge in [-0.05, 0) is 43.7 Å². The molecule has 1 aromatic heterocycles. The Bertz CT molecular complexity index is 1210. The number of carbonyl (C=O) groups is 1. The van der Waals surface area contributed by atoms with Crippen LogP contribution in [0.4, 0.5) is 19.0 Å². The van der Waals surface area contributed by atoms with E-state index in [1.165, 1.54) is 6.07 Å². The number of hydrogen-bond acceptors (Lipinski definition) is 4. The summed E-state index contributed by atoms with van der Waals surface area (Å²) in [7, 11) is 0. The highest BCUT2D eigenvalue weighted by Crippen LogP contribution is 2.33. The first-order chi connectivity index (χ1) is 16.2. The maximum Gasteiger partial charge on any atom is 0.416 e. The Morgan fingerprint density at radius 1 is 1.03 bits per heavy atom. The lowest BCUT2D eigenvalue weighted by Crippen LogP contribution is -2.49. The van der Waals surface area contributed by atoms with Gasteiger partial charge < -0.3 is 9.80 Å². The van der Waals surface area contributed by atoms with Gasteiger partial charge in [-0.2, -0.15) is 13.2 Å². The largest absolute Gasteiger partial charge is 0.416 e. The molecule has 1 saturated heterocycles. The number of hydrogen-bond donors (Lipinski definition) is 0. The first kappa shape index (κ1) is 24.0. The second kappa shape index (κ2) is 9.62. The minimum Gasteiger partial charge on any atom is -0.353 e. The number of aryl methyl sites for hydroxylation is 1. The molecule has 0 N–H and O–H groups in total. The SMILES string of the molecule is CCc1c(C)nc(-c2cccc(C(F)(F)F)c2)nc1N1CCN(C(=O)c2cccc(Cl)c2)CC1. The molecule has 3 aromatic rings. The van der Waals surface area contributed by atoms with Crippen molar-refractivity contribution in [2.75, 3.05) is 31.1 Å². The van der Waals surface area contributed by atoms with Crippen molar-refractivity contribution in [1.82, 2.24) is 14.9 Å². The molecular formula is C25H24ClF3N4O. The Morgan fingerprint density at radius 3 is 2.38 bits per heavy atom. The minimum absolute atomic E-state index is 0.0820. The smallest absolute Gasteiger partial charge is 0.353 e.